The Kier molecular flexibility index (Phi) is 24.4. The number of carbonyl (C=O) groups is 2. The molecule has 0 aliphatic heterocycles. The molecule has 5 heteroatoms. The van der Waals surface area contributed by atoms with Crippen LogP contribution in [-0.4, -0.2) is 53.1 Å². The molecular weight excluding hydrogens is 399 g/mol. The molecule has 176 valence electrons. The zero-order chi connectivity index (χ0) is 24.1. The topological polar surface area (TPSA) is 40.6 Å². The van der Waals surface area contributed by atoms with Crippen molar-refractivity contribution in [3.05, 3.63) is 13.0 Å². The molecule has 0 heterocycles. The molecule has 30 heavy (non-hydrogen) atoms. The van der Waals surface area contributed by atoms with E-state index in [0.29, 0.717) is 17.9 Å². The number of Topliss-reactive ketones (excluding diaryl/α,β-unsaturated/α-hetero) is 2. The van der Waals surface area contributed by atoms with Gasteiger partial charge >= 0.3 is 51.4 Å². The summed E-state index contributed by atoms with van der Waals surface area (Å²) in [4.78, 5) is 27.9. The molecule has 0 aromatic heterocycles. The van der Waals surface area contributed by atoms with Crippen LogP contribution in [0, 0.1) is 24.8 Å². The summed E-state index contributed by atoms with van der Waals surface area (Å²) in [5.41, 5.74) is -0.357. The molecule has 4 nitrogen and oxygen atoms in total. The van der Waals surface area contributed by atoms with E-state index in [1.807, 2.05) is 74.4 Å². The van der Waals surface area contributed by atoms with Gasteiger partial charge in [-0.25, -0.2) is 0 Å². The average Bonchev–Trinajstić information content (AvgIpc) is 2.66. The van der Waals surface area contributed by atoms with E-state index in [1.165, 1.54) is 0 Å². The van der Waals surface area contributed by atoms with Crippen LogP contribution in [0.3, 0.4) is 0 Å². The molecule has 0 amide bonds. The van der Waals surface area contributed by atoms with Crippen molar-refractivity contribution in [2.24, 2.45) is 11.8 Å². The maximum Gasteiger partial charge on any atom is 1.00 e. The number of carbonyl (C=O) groups excluding carboxylic acids is 2. The van der Waals surface area contributed by atoms with Crippen molar-refractivity contribution in [1.29, 1.82) is 0 Å². The van der Waals surface area contributed by atoms with Crippen LogP contribution in [0.15, 0.2) is 0 Å². The van der Waals surface area contributed by atoms with Crippen molar-refractivity contribution in [3.8, 4) is 0 Å². The van der Waals surface area contributed by atoms with Crippen LogP contribution in [0.1, 0.15) is 95.9 Å². The van der Waals surface area contributed by atoms with Gasteiger partial charge in [0.25, 0.3) is 0 Å². The first-order chi connectivity index (χ1) is 13.1. The Bertz CT molecular complexity index is 450. The predicted molar refractivity (Wildman–Crippen MR) is 129 cm³/mol. The molecule has 0 saturated carbocycles. The summed E-state index contributed by atoms with van der Waals surface area (Å²) >= 11 is 0. The molecule has 0 aliphatic carbocycles. The second-order valence-corrected chi connectivity index (χ2v) is 8.91. The van der Waals surface area contributed by atoms with Gasteiger partial charge in [0.2, 0.25) is 0 Å². The molecule has 0 rings (SSSR count). The Hall–Kier alpha value is 0.766. The molecule has 0 bridgehead atoms. The van der Waals surface area contributed by atoms with Gasteiger partial charge in [0, 0.05) is 17.7 Å². The van der Waals surface area contributed by atoms with Crippen LogP contribution in [0.4, 0.5) is 0 Å². The van der Waals surface area contributed by atoms with E-state index in [4.69, 9.17) is 0 Å². The number of hydrogen-bond acceptors (Lipinski definition) is 4. The summed E-state index contributed by atoms with van der Waals surface area (Å²) in [7, 11) is 3.99. The molecule has 0 aromatic carbocycles. The van der Waals surface area contributed by atoms with Crippen molar-refractivity contribution in [1.82, 2.24) is 9.80 Å². The largest absolute Gasteiger partial charge is 1.00 e. The first-order valence-electron chi connectivity index (χ1n) is 11.3. The first kappa shape index (κ1) is 38.0. The third-order valence-corrected chi connectivity index (χ3v) is 5.46. The summed E-state index contributed by atoms with van der Waals surface area (Å²) in [5.74, 6) is 0.752. The van der Waals surface area contributed by atoms with Crippen LogP contribution in [-0.2, 0) is 9.59 Å². The van der Waals surface area contributed by atoms with Crippen LogP contribution in [0.25, 0.3) is 0 Å². The zero-order valence-corrected chi connectivity index (χ0v) is 26.3. The third-order valence-electron chi connectivity index (χ3n) is 5.46. The van der Waals surface area contributed by atoms with Crippen LogP contribution < -0.4 is 51.4 Å². The number of hydrogen-bond donors (Lipinski definition) is 0. The summed E-state index contributed by atoms with van der Waals surface area (Å²) in [6, 6.07) is 1.64. The van der Waals surface area contributed by atoms with E-state index < -0.39 is 0 Å². The van der Waals surface area contributed by atoms with E-state index in [0.717, 1.165) is 18.9 Å². The Balaban J connectivity index is -0.000000205. The molecule has 0 radical (unpaired) electrons. The van der Waals surface area contributed by atoms with Gasteiger partial charge in [-0.3, -0.25) is 15.7 Å². The minimum absolute atomic E-state index is 0. The van der Waals surface area contributed by atoms with E-state index in [1.54, 1.807) is 0 Å². The fraction of sp³-hybridized carbons (Fsp3) is 0.840. The predicted octanol–water partition coefficient (Wildman–Crippen LogP) is 3.06. The van der Waals surface area contributed by atoms with Crippen molar-refractivity contribution in [3.63, 3.8) is 0 Å². The molecule has 1 atom stereocenters. The minimum atomic E-state index is -0.357. The van der Waals surface area contributed by atoms with E-state index in [2.05, 4.69) is 39.5 Å². The van der Waals surface area contributed by atoms with Gasteiger partial charge in [-0.05, 0) is 46.8 Å². The van der Waals surface area contributed by atoms with Crippen LogP contribution >= 0.6 is 0 Å². The molecule has 0 spiro atoms. The molecule has 0 saturated heterocycles. The monoisotopic (exact) mass is 451 g/mol. The molecule has 1 unspecified atom stereocenters. The fourth-order valence-electron chi connectivity index (χ4n) is 2.99. The SMILES string of the molecule is CC.C[C-](C(=O)C(C)C)N(C)C(C)C.[CH2-]CCC(C)(C(=O)C(C)C)N(C)C(C)C.[K+]. The fourth-order valence-corrected chi connectivity index (χ4v) is 2.99. The number of likely N-dealkylation sites (N-methyl/N-ethyl adjacent to an activating group) is 2. The Morgan fingerprint density at radius 2 is 1.30 bits per heavy atom. The second kappa shape index (κ2) is 19.3. The van der Waals surface area contributed by atoms with Crippen LogP contribution in [0.2, 0.25) is 0 Å². The van der Waals surface area contributed by atoms with Gasteiger partial charge in [-0.15, -0.1) is 0 Å². The zero-order valence-electron chi connectivity index (χ0n) is 23.1. The van der Waals surface area contributed by atoms with Gasteiger partial charge in [-0.2, -0.15) is 13.3 Å². The molecule has 0 aliphatic rings. The Morgan fingerprint density at radius 1 is 0.900 bits per heavy atom. The van der Waals surface area contributed by atoms with E-state index in [9.17, 15) is 9.59 Å². The van der Waals surface area contributed by atoms with E-state index in [-0.39, 0.29) is 74.5 Å². The Labute approximate surface area is 232 Å². The standard InChI is InChI=1S/C13H26NO.C10H20NO.C2H6.K/c1-8-9-13(6,12(15)10(2)3)14(7)11(4)5;1-7(2)10(12)9(5)11(6)8(3)4;1-2;/h10-11H,1,8-9H2,2-7H3;7-8H,1-6H3;1-2H3;/q2*-1;;+1. The summed E-state index contributed by atoms with van der Waals surface area (Å²) in [6.07, 6.45) is 1.63. The molecule has 0 fully saturated rings. The van der Waals surface area contributed by atoms with Gasteiger partial charge in [0.05, 0.1) is 5.54 Å². The smallest absolute Gasteiger partial charge is 0.432 e. The number of ketones is 2. The van der Waals surface area contributed by atoms with E-state index >= 15 is 0 Å². The maximum absolute atomic E-state index is 12.2. The third kappa shape index (κ3) is 13.3. The van der Waals surface area contributed by atoms with Gasteiger partial charge in [0.15, 0.2) is 5.78 Å². The first-order valence-corrected chi connectivity index (χ1v) is 11.3. The molecular formula is C25H52KN2O2-. The van der Waals surface area contributed by atoms with Gasteiger partial charge in [-0.1, -0.05) is 61.8 Å². The summed E-state index contributed by atoms with van der Waals surface area (Å²) in [6.45, 7) is 28.0. The van der Waals surface area contributed by atoms with Gasteiger partial charge in [0.1, 0.15) is 0 Å². The molecule has 0 aromatic rings. The molecule has 0 N–H and O–H groups in total. The quantitative estimate of drug-likeness (QED) is 0.378. The number of rotatable bonds is 10. The number of nitrogens with zero attached hydrogens (tertiary/aromatic N) is 2. The second-order valence-electron chi connectivity index (χ2n) is 8.91. The Morgan fingerprint density at radius 3 is 1.53 bits per heavy atom. The maximum atomic E-state index is 12.2. The summed E-state index contributed by atoms with van der Waals surface area (Å²) in [5, 5.41) is 0. The minimum Gasteiger partial charge on any atom is -0.432 e. The summed E-state index contributed by atoms with van der Waals surface area (Å²) < 4.78 is 0. The van der Waals surface area contributed by atoms with Crippen molar-refractivity contribution >= 4 is 11.6 Å². The van der Waals surface area contributed by atoms with Crippen molar-refractivity contribution in [2.75, 3.05) is 14.1 Å². The normalized spacial score (nSPS) is 12.8. The van der Waals surface area contributed by atoms with Gasteiger partial charge < -0.3 is 16.6 Å². The van der Waals surface area contributed by atoms with Crippen molar-refractivity contribution in [2.45, 2.75) is 114 Å². The van der Waals surface area contributed by atoms with Crippen LogP contribution in [0.5, 0.6) is 0 Å². The average molecular weight is 452 g/mol. The van der Waals surface area contributed by atoms with Crippen molar-refractivity contribution < 1.29 is 61.0 Å².